The average Bonchev–Trinajstić information content (AvgIpc) is 3.11. The first-order valence-electron chi connectivity index (χ1n) is 9.20. The average molecular weight is 394 g/mol. The molecule has 3 rings (SSSR count). The first kappa shape index (κ1) is 20.1. The van der Waals surface area contributed by atoms with Crippen molar-refractivity contribution in [3.8, 4) is 6.07 Å². The highest BCUT2D eigenvalue weighted by Crippen LogP contribution is 2.20. The van der Waals surface area contributed by atoms with Gasteiger partial charge in [-0.2, -0.15) is 5.26 Å². The minimum atomic E-state index is -0.586. The number of hydrogen-bond acceptors (Lipinski definition) is 5. The molecule has 0 spiro atoms. The van der Waals surface area contributed by atoms with Crippen LogP contribution in [0.3, 0.4) is 0 Å². The second-order valence-corrected chi connectivity index (χ2v) is 6.85. The highest BCUT2D eigenvalue weighted by atomic mass is 16.2. The molecule has 2 heterocycles. The van der Waals surface area contributed by atoms with Gasteiger partial charge in [0.2, 0.25) is 5.91 Å². The zero-order valence-corrected chi connectivity index (χ0v) is 16.8. The van der Waals surface area contributed by atoms with Crippen molar-refractivity contribution in [1.29, 1.82) is 5.26 Å². The fraction of sp³-hybridized carbons (Fsp3) is 0.350. The van der Waals surface area contributed by atoms with Crippen molar-refractivity contribution in [2.75, 3.05) is 6.54 Å². The third-order valence-electron chi connectivity index (χ3n) is 5.15. The number of hydrogen-bond donors (Lipinski definition) is 0. The van der Waals surface area contributed by atoms with Crippen LogP contribution in [0.1, 0.15) is 31.0 Å². The van der Waals surface area contributed by atoms with E-state index < -0.39 is 11.2 Å². The molecule has 29 heavy (non-hydrogen) atoms. The summed E-state index contributed by atoms with van der Waals surface area (Å²) in [5.41, 5.74) is 0.819. The van der Waals surface area contributed by atoms with Gasteiger partial charge < -0.3 is 9.47 Å². The van der Waals surface area contributed by atoms with Crippen molar-refractivity contribution in [3.05, 3.63) is 62.6 Å². The molecule has 1 amide bonds. The molecular formula is C20H22N6O3. The van der Waals surface area contributed by atoms with Crippen LogP contribution in [-0.4, -0.2) is 36.0 Å². The number of carbonyl (C=O) groups excluding carboxylic acids is 1. The lowest BCUT2D eigenvalue weighted by Crippen LogP contribution is -2.45. The summed E-state index contributed by atoms with van der Waals surface area (Å²) in [6.07, 6.45) is 1.46. The maximum atomic E-state index is 13.0. The fourth-order valence-corrected chi connectivity index (χ4v) is 3.44. The Hall–Kier alpha value is -3.67. The summed E-state index contributed by atoms with van der Waals surface area (Å²) < 4.78 is 3.75. The Labute approximate surface area is 167 Å². The third-order valence-corrected chi connectivity index (χ3v) is 5.15. The van der Waals surface area contributed by atoms with E-state index in [2.05, 4.69) is 11.1 Å². The summed E-state index contributed by atoms with van der Waals surface area (Å²) in [7, 11) is 3.19. The van der Waals surface area contributed by atoms with Crippen LogP contribution < -0.4 is 11.2 Å². The van der Waals surface area contributed by atoms with Crippen LogP contribution in [0, 0.1) is 11.3 Å². The Morgan fingerprint density at radius 1 is 1.24 bits per heavy atom. The molecule has 0 aliphatic heterocycles. The van der Waals surface area contributed by atoms with Gasteiger partial charge in [-0.1, -0.05) is 12.1 Å². The molecule has 9 heteroatoms. The molecule has 0 radical (unpaired) electrons. The van der Waals surface area contributed by atoms with Crippen molar-refractivity contribution in [1.82, 2.24) is 23.6 Å². The van der Waals surface area contributed by atoms with E-state index in [1.165, 1.54) is 22.5 Å². The smallest absolute Gasteiger partial charge is 0.332 e. The van der Waals surface area contributed by atoms with Crippen molar-refractivity contribution in [3.63, 3.8) is 0 Å². The van der Waals surface area contributed by atoms with Crippen LogP contribution in [-0.2, 0) is 25.4 Å². The number of fused-ring (bicyclic) bond motifs is 1. The Balaban J connectivity index is 1.96. The van der Waals surface area contributed by atoms with E-state index in [-0.39, 0.29) is 29.7 Å². The third kappa shape index (κ3) is 3.45. The van der Waals surface area contributed by atoms with E-state index >= 15 is 0 Å². The van der Waals surface area contributed by atoms with Crippen LogP contribution >= 0.6 is 0 Å². The van der Waals surface area contributed by atoms with Gasteiger partial charge in [0.15, 0.2) is 11.2 Å². The zero-order valence-electron chi connectivity index (χ0n) is 16.8. The van der Waals surface area contributed by atoms with Gasteiger partial charge in [-0.3, -0.25) is 14.2 Å². The van der Waals surface area contributed by atoms with Gasteiger partial charge >= 0.3 is 5.69 Å². The number of likely N-dealkylation sites (N-methyl/N-ethyl adjacent to an activating group) is 1. The van der Waals surface area contributed by atoms with Crippen molar-refractivity contribution in [2.45, 2.75) is 26.4 Å². The molecule has 1 aromatic carbocycles. The Morgan fingerprint density at radius 3 is 2.48 bits per heavy atom. The second kappa shape index (κ2) is 7.75. The molecular weight excluding hydrogens is 372 g/mol. The maximum absolute atomic E-state index is 13.0. The van der Waals surface area contributed by atoms with E-state index in [9.17, 15) is 14.4 Å². The van der Waals surface area contributed by atoms with E-state index in [0.29, 0.717) is 12.1 Å². The standard InChI is InChI=1S/C20H22N6O3/c1-5-25(13(2)15-8-6-14(10-21)7-9-15)16(27)11-26-19(28)17-18(22-12-23(17)3)24(4)20(26)29/h6-9,12-13H,5,11H2,1-4H3. The molecule has 2 aromatic heterocycles. The number of imidazole rings is 1. The Bertz CT molecular complexity index is 1230. The molecule has 0 aliphatic carbocycles. The van der Waals surface area contributed by atoms with Gasteiger partial charge in [0.1, 0.15) is 6.54 Å². The number of benzene rings is 1. The Morgan fingerprint density at radius 2 is 1.90 bits per heavy atom. The number of nitriles is 1. The molecule has 3 aromatic rings. The highest BCUT2D eigenvalue weighted by Gasteiger charge is 2.23. The van der Waals surface area contributed by atoms with Crippen LogP contribution in [0.2, 0.25) is 0 Å². The topological polar surface area (TPSA) is 106 Å². The molecule has 1 unspecified atom stereocenters. The predicted octanol–water partition coefficient (Wildman–Crippen LogP) is 0.915. The van der Waals surface area contributed by atoms with Gasteiger partial charge in [0, 0.05) is 20.6 Å². The lowest BCUT2D eigenvalue weighted by molar-refractivity contribution is -0.133. The molecule has 0 aliphatic rings. The summed E-state index contributed by atoms with van der Waals surface area (Å²) in [4.78, 5) is 44.2. The first-order chi connectivity index (χ1) is 13.8. The molecule has 0 fully saturated rings. The molecule has 0 saturated carbocycles. The van der Waals surface area contributed by atoms with Crippen molar-refractivity contribution >= 4 is 17.1 Å². The van der Waals surface area contributed by atoms with Gasteiger partial charge in [-0.25, -0.2) is 14.3 Å². The largest absolute Gasteiger partial charge is 0.335 e. The van der Waals surface area contributed by atoms with Crippen LogP contribution in [0.4, 0.5) is 0 Å². The van der Waals surface area contributed by atoms with E-state index in [0.717, 1.165) is 10.1 Å². The molecule has 0 N–H and O–H groups in total. The van der Waals surface area contributed by atoms with Crippen molar-refractivity contribution in [2.24, 2.45) is 14.1 Å². The van der Waals surface area contributed by atoms with Gasteiger partial charge in [0.05, 0.1) is 24.0 Å². The van der Waals surface area contributed by atoms with E-state index in [4.69, 9.17) is 5.26 Å². The first-order valence-corrected chi connectivity index (χ1v) is 9.20. The molecule has 0 bridgehead atoms. The van der Waals surface area contributed by atoms with Crippen molar-refractivity contribution < 1.29 is 4.79 Å². The summed E-state index contributed by atoms with van der Waals surface area (Å²) in [6, 6.07) is 8.77. The molecule has 150 valence electrons. The van der Waals surface area contributed by atoms with Crippen LogP contribution in [0.5, 0.6) is 0 Å². The number of amides is 1. The monoisotopic (exact) mass is 394 g/mol. The molecule has 9 nitrogen and oxygen atoms in total. The SMILES string of the molecule is CCN(C(=O)Cn1c(=O)c2c(ncn2C)n(C)c1=O)C(C)c1ccc(C#N)cc1. The fourth-order valence-electron chi connectivity index (χ4n) is 3.44. The summed E-state index contributed by atoms with van der Waals surface area (Å²) >= 11 is 0. The van der Waals surface area contributed by atoms with Gasteiger partial charge in [0.25, 0.3) is 5.56 Å². The zero-order chi connectivity index (χ0) is 21.3. The number of rotatable bonds is 5. The predicted molar refractivity (Wildman–Crippen MR) is 107 cm³/mol. The van der Waals surface area contributed by atoms with Gasteiger partial charge in [-0.15, -0.1) is 0 Å². The van der Waals surface area contributed by atoms with Gasteiger partial charge in [-0.05, 0) is 31.5 Å². The Kier molecular flexibility index (Phi) is 5.37. The summed E-state index contributed by atoms with van der Waals surface area (Å²) in [5.74, 6) is -0.343. The lowest BCUT2D eigenvalue weighted by atomic mass is 10.0. The van der Waals surface area contributed by atoms with E-state index in [1.54, 1.807) is 36.2 Å². The summed E-state index contributed by atoms with van der Waals surface area (Å²) in [5, 5.41) is 8.94. The normalized spacial score (nSPS) is 12.0. The van der Waals surface area contributed by atoms with E-state index in [1.807, 2.05) is 13.8 Å². The maximum Gasteiger partial charge on any atom is 0.332 e. The minimum absolute atomic E-state index is 0.267. The number of carbonyl (C=O) groups is 1. The lowest BCUT2D eigenvalue weighted by Gasteiger charge is -2.28. The molecule has 0 saturated heterocycles. The second-order valence-electron chi connectivity index (χ2n) is 6.85. The molecule has 1 atom stereocenters. The van der Waals surface area contributed by atoms with Crippen LogP contribution in [0.15, 0.2) is 40.2 Å². The summed E-state index contributed by atoms with van der Waals surface area (Å²) in [6.45, 7) is 3.75. The van der Waals surface area contributed by atoms with Crippen LogP contribution in [0.25, 0.3) is 11.2 Å². The number of aryl methyl sites for hydroxylation is 2. The number of nitrogens with zero attached hydrogens (tertiary/aromatic N) is 6. The minimum Gasteiger partial charge on any atom is -0.335 e. The number of aromatic nitrogens is 4. The highest BCUT2D eigenvalue weighted by molar-refractivity contribution is 5.77. The quantitative estimate of drug-likeness (QED) is 0.640.